The van der Waals surface area contributed by atoms with Crippen LogP contribution in [0.3, 0.4) is 0 Å². The quantitative estimate of drug-likeness (QED) is 0.320. The molecule has 4 atom stereocenters. The monoisotopic (exact) mass is 312 g/mol. The number of isocyanates is 2. The van der Waals surface area contributed by atoms with Gasteiger partial charge in [-0.25, -0.2) is 19.6 Å². The van der Waals surface area contributed by atoms with Crippen LogP contribution >= 0.6 is 0 Å². The summed E-state index contributed by atoms with van der Waals surface area (Å²) < 4.78 is 22.9. The van der Waals surface area contributed by atoms with Gasteiger partial charge in [-0.05, 0) is 12.8 Å². The van der Waals surface area contributed by atoms with Gasteiger partial charge < -0.3 is 18.9 Å². The number of nitrogens with zero attached hydrogens (tertiary/aromatic N) is 2. The number of carbonyl (C=O) groups excluding carboxylic acids is 2. The summed E-state index contributed by atoms with van der Waals surface area (Å²) in [6.45, 7) is 2.78. The Hall–Kier alpha value is -1.40. The summed E-state index contributed by atoms with van der Waals surface area (Å²) in [5.41, 5.74) is 0. The lowest BCUT2D eigenvalue weighted by Crippen LogP contribution is -2.34. The molecule has 0 aromatic carbocycles. The first kappa shape index (κ1) is 17.0. The van der Waals surface area contributed by atoms with E-state index in [2.05, 4.69) is 9.98 Å². The molecule has 2 heterocycles. The van der Waals surface area contributed by atoms with E-state index in [4.69, 9.17) is 18.9 Å². The molecule has 0 aromatic heterocycles. The summed E-state index contributed by atoms with van der Waals surface area (Å²) in [5.74, 6) is 0. The minimum Gasteiger partial charge on any atom is -0.373 e. The third kappa shape index (κ3) is 4.81. The number of hydrogen-bond donors (Lipinski definition) is 0. The van der Waals surface area contributed by atoms with Gasteiger partial charge in [-0.15, -0.1) is 0 Å². The van der Waals surface area contributed by atoms with Crippen LogP contribution in [0.4, 0.5) is 0 Å². The Kier molecular flexibility index (Phi) is 7.39. The van der Waals surface area contributed by atoms with Crippen molar-refractivity contribution in [2.45, 2.75) is 37.3 Å². The van der Waals surface area contributed by atoms with Crippen LogP contribution in [0.25, 0.3) is 0 Å². The first-order valence-electron chi connectivity index (χ1n) is 7.40. The molecule has 8 heteroatoms. The SMILES string of the molecule is O=C=NCCCOC1COC2C(OCCCN=C=O)COC12. The standard InChI is InChI=1S/C14H20N2O6/c17-9-15-3-1-5-19-11-7-21-14-12(8-22-13(11)14)20-6-2-4-16-10-18/h11-14H,1-8H2. The van der Waals surface area contributed by atoms with E-state index in [1.807, 2.05) is 0 Å². The summed E-state index contributed by atoms with van der Waals surface area (Å²) in [7, 11) is 0. The minimum atomic E-state index is -0.118. The van der Waals surface area contributed by atoms with Gasteiger partial charge in [-0.3, -0.25) is 0 Å². The van der Waals surface area contributed by atoms with Crippen LogP contribution in [-0.4, -0.2) is 76.1 Å². The molecule has 4 unspecified atom stereocenters. The van der Waals surface area contributed by atoms with Crippen molar-refractivity contribution in [1.82, 2.24) is 0 Å². The average molecular weight is 312 g/mol. The van der Waals surface area contributed by atoms with Gasteiger partial charge in [0.2, 0.25) is 12.2 Å². The number of fused-ring (bicyclic) bond motifs is 1. The van der Waals surface area contributed by atoms with Gasteiger partial charge in [0.15, 0.2) is 0 Å². The van der Waals surface area contributed by atoms with Crippen LogP contribution in [0.15, 0.2) is 9.98 Å². The molecule has 22 heavy (non-hydrogen) atoms. The second kappa shape index (κ2) is 9.58. The van der Waals surface area contributed by atoms with Gasteiger partial charge in [-0.1, -0.05) is 0 Å². The number of aliphatic imine (C=N–C) groups is 2. The zero-order valence-corrected chi connectivity index (χ0v) is 12.3. The maximum absolute atomic E-state index is 9.94. The van der Waals surface area contributed by atoms with Crippen molar-refractivity contribution in [2.24, 2.45) is 9.98 Å². The molecular formula is C14H20N2O6. The van der Waals surface area contributed by atoms with Crippen LogP contribution in [0.5, 0.6) is 0 Å². The molecular weight excluding hydrogens is 292 g/mol. The van der Waals surface area contributed by atoms with Gasteiger partial charge >= 0.3 is 0 Å². The van der Waals surface area contributed by atoms with Gasteiger partial charge in [0.1, 0.15) is 24.4 Å². The molecule has 2 aliphatic heterocycles. The molecule has 0 N–H and O–H groups in total. The molecule has 2 fully saturated rings. The van der Waals surface area contributed by atoms with Crippen molar-refractivity contribution in [3.63, 3.8) is 0 Å². The van der Waals surface area contributed by atoms with E-state index in [1.165, 1.54) is 12.2 Å². The first-order chi connectivity index (χ1) is 10.9. The second-order valence-electron chi connectivity index (χ2n) is 5.07. The molecule has 2 rings (SSSR count). The van der Waals surface area contributed by atoms with Crippen LogP contribution in [0.2, 0.25) is 0 Å². The van der Waals surface area contributed by atoms with Gasteiger partial charge in [-0.2, -0.15) is 0 Å². The highest BCUT2D eigenvalue weighted by atomic mass is 16.6. The summed E-state index contributed by atoms with van der Waals surface area (Å²) >= 11 is 0. The largest absolute Gasteiger partial charge is 0.373 e. The highest BCUT2D eigenvalue weighted by Crippen LogP contribution is 2.30. The highest BCUT2D eigenvalue weighted by molar-refractivity contribution is 5.32. The Labute approximate surface area is 128 Å². The molecule has 2 aliphatic rings. The van der Waals surface area contributed by atoms with E-state index in [9.17, 15) is 9.59 Å². The predicted octanol–water partition coefficient (Wildman–Crippen LogP) is 0.00620. The van der Waals surface area contributed by atoms with Crippen molar-refractivity contribution in [3.8, 4) is 0 Å². The molecule has 0 aliphatic carbocycles. The third-order valence-electron chi connectivity index (χ3n) is 3.58. The van der Waals surface area contributed by atoms with Crippen molar-refractivity contribution >= 4 is 12.2 Å². The maximum atomic E-state index is 9.94. The van der Waals surface area contributed by atoms with Crippen molar-refractivity contribution < 1.29 is 28.5 Å². The number of ether oxygens (including phenoxy) is 4. The molecule has 0 radical (unpaired) electrons. The van der Waals surface area contributed by atoms with Gasteiger partial charge in [0.05, 0.1) is 26.3 Å². The lowest BCUT2D eigenvalue weighted by molar-refractivity contribution is -0.0503. The Balaban J connectivity index is 1.65. The van der Waals surface area contributed by atoms with Crippen LogP contribution in [-0.2, 0) is 28.5 Å². The number of hydrogen-bond acceptors (Lipinski definition) is 8. The topological polar surface area (TPSA) is 95.8 Å². The molecule has 122 valence electrons. The zero-order chi connectivity index (χ0) is 15.6. The van der Waals surface area contributed by atoms with Gasteiger partial charge in [0, 0.05) is 13.2 Å². The fourth-order valence-corrected chi connectivity index (χ4v) is 2.56. The van der Waals surface area contributed by atoms with E-state index < -0.39 is 0 Å². The molecule has 0 aromatic rings. The fourth-order valence-electron chi connectivity index (χ4n) is 2.56. The molecule has 2 saturated heterocycles. The maximum Gasteiger partial charge on any atom is 0.234 e. The normalized spacial score (nSPS) is 29.6. The summed E-state index contributed by atoms with van der Waals surface area (Å²) in [5, 5.41) is 0. The average Bonchev–Trinajstić information content (AvgIpc) is 3.10. The lowest BCUT2D eigenvalue weighted by atomic mass is 10.1. The van der Waals surface area contributed by atoms with Crippen molar-refractivity contribution in [3.05, 3.63) is 0 Å². The predicted molar refractivity (Wildman–Crippen MR) is 74.2 cm³/mol. The number of rotatable bonds is 10. The molecule has 0 saturated carbocycles. The molecule has 0 spiro atoms. The van der Waals surface area contributed by atoms with Crippen LogP contribution < -0.4 is 0 Å². The van der Waals surface area contributed by atoms with E-state index >= 15 is 0 Å². The van der Waals surface area contributed by atoms with E-state index in [-0.39, 0.29) is 24.4 Å². The Morgan fingerprint density at radius 3 is 1.73 bits per heavy atom. The van der Waals surface area contributed by atoms with E-state index in [1.54, 1.807) is 0 Å². The van der Waals surface area contributed by atoms with Crippen LogP contribution in [0.1, 0.15) is 12.8 Å². The second-order valence-corrected chi connectivity index (χ2v) is 5.07. The smallest absolute Gasteiger partial charge is 0.234 e. The molecule has 8 nitrogen and oxygen atoms in total. The van der Waals surface area contributed by atoms with E-state index in [0.717, 1.165) is 0 Å². The summed E-state index contributed by atoms with van der Waals surface area (Å²) in [4.78, 5) is 26.8. The Bertz CT molecular complexity index is 393. The fraction of sp³-hybridized carbons (Fsp3) is 0.857. The van der Waals surface area contributed by atoms with Crippen molar-refractivity contribution in [2.75, 3.05) is 39.5 Å². The Morgan fingerprint density at radius 2 is 1.32 bits per heavy atom. The van der Waals surface area contributed by atoms with Gasteiger partial charge in [0.25, 0.3) is 0 Å². The van der Waals surface area contributed by atoms with E-state index in [0.29, 0.717) is 52.4 Å². The summed E-state index contributed by atoms with van der Waals surface area (Å²) in [6.07, 6.45) is 3.87. The van der Waals surface area contributed by atoms with Crippen LogP contribution in [0, 0.1) is 0 Å². The summed E-state index contributed by atoms with van der Waals surface area (Å²) in [6, 6.07) is 0. The molecule has 0 amide bonds. The Morgan fingerprint density at radius 1 is 0.864 bits per heavy atom. The first-order valence-corrected chi connectivity index (χ1v) is 7.40. The highest BCUT2D eigenvalue weighted by Gasteiger charge is 2.48. The molecule has 0 bridgehead atoms. The minimum absolute atomic E-state index is 0.113. The zero-order valence-electron chi connectivity index (χ0n) is 12.3. The van der Waals surface area contributed by atoms with Crippen molar-refractivity contribution in [1.29, 1.82) is 0 Å². The lowest BCUT2D eigenvalue weighted by Gasteiger charge is -2.17. The third-order valence-corrected chi connectivity index (χ3v) is 3.58.